The number of furan rings is 1. The van der Waals surface area contributed by atoms with Gasteiger partial charge in [0.2, 0.25) is 0 Å². The summed E-state index contributed by atoms with van der Waals surface area (Å²) in [7, 11) is 0. The number of phenolic OH excluding ortho intramolecular Hbond substituents is 1. The van der Waals surface area contributed by atoms with Crippen LogP contribution in [0.5, 0.6) is 5.75 Å². The molecule has 2 aromatic rings. The molecule has 0 radical (unpaired) electrons. The van der Waals surface area contributed by atoms with Crippen LogP contribution < -0.4 is 5.32 Å². The molecule has 4 nitrogen and oxygen atoms in total. The van der Waals surface area contributed by atoms with Gasteiger partial charge in [0.15, 0.2) is 0 Å². The summed E-state index contributed by atoms with van der Waals surface area (Å²) >= 11 is 0. The van der Waals surface area contributed by atoms with Gasteiger partial charge in [-0.25, -0.2) is 0 Å². The van der Waals surface area contributed by atoms with Crippen LogP contribution in [0.3, 0.4) is 0 Å². The second kappa shape index (κ2) is 6.28. The standard InChI is InChI=1S/C16H19NO3/c1-11-10-13(18)6-8-15(11)16(19)17-12(2)5-7-14-4-3-9-20-14/h3-4,6,8-10,12,18H,5,7H2,1-2H3,(H,17,19). The molecular formula is C16H19NO3. The maximum Gasteiger partial charge on any atom is 0.251 e. The third kappa shape index (κ3) is 3.63. The maximum absolute atomic E-state index is 12.1. The highest BCUT2D eigenvalue weighted by Gasteiger charge is 2.12. The van der Waals surface area contributed by atoms with E-state index in [-0.39, 0.29) is 17.7 Å². The molecule has 0 fully saturated rings. The zero-order chi connectivity index (χ0) is 14.5. The number of hydrogen-bond acceptors (Lipinski definition) is 3. The van der Waals surface area contributed by atoms with Crippen molar-refractivity contribution in [1.82, 2.24) is 5.32 Å². The molecule has 20 heavy (non-hydrogen) atoms. The van der Waals surface area contributed by atoms with E-state index >= 15 is 0 Å². The predicted molar refractivity (Wildman–Crippen MR) is 76.8 cm³/mol. The molecule has 2 rings (SSSR count). The fourth-order valence-electron chi connectivity index (χ4n) is 2.09. The largest absolute Gasteiger partial charge is 0.508 e. The molecule has 0 aliphatic rings. The first kappa shape index (κ1) is 14.2. The Morgan fingerprint density at radius 1 is 1.40 bits per heavy atom. The Labute approximate surface area is 118 Å². The molecule has 106 valence electrons. The summed E-state index contributed by atoms with van der Waals surface area (Å²) in [5, 5.41) is 12.3. The van der Waals surface area contributed by atoms with Crippen molar-refractivity contribution in [3.8, 4) is 5.75 Å². The lowest BCUT2D eigenvalue weighted by molar-refractivity contribution is 0.0937. The number of amides is 1. The fourth-order valence-corrected chi connectivity index (χ4v) is 2.09. The van der Waals surface area contributed by atoms with Crippen molar-refractivity contribution in [3.05, 3.63) is 53.5 Å². The highest BCUT2D eigenvalue weighted by atomic mass is 16.3. The number of nitrogens with one attached hydrogen (secondary N) is 1. The molecule has 0 saturated carbocycles. The normalized spacial score (nSPS) is 12.1. The summed E-state index contributed by atoms with van der Waals surface area (Å²) in [4.78, 5) is 12.1. The Hall–Kier alpha value is -2.23. The first-order chi connectivity index (χ1) is 9.56. The van der Waals surface area contributed by atoms with Gasteiger partial charge in [-0.3, -0.25) is 4.79 Å². The summed E-state index contributed by atoms with van der Waals surface area (Å²) in [6.07, 6.45) is 3.26. The summed E-state index contributed by atoms with van der Waals surface area (Å²) in [6.45, 7) is 3.78. The summed E-state index contributed by atoms with van der Waals surface area (Å²) < 4.78 is 5.27. The van der Waals surface area contributed by atoms with E-state index in [4.69, 9.17) is 4.42 Å². The van der Waals surface area contributed by atoms with Gasteiger partial charge in [-0.15, -0.1) is 0 Å². The van der Waals surface area contributed by atoms with E-state index in [1.807, 2.05) is 26.0 Å². The van der Waals surface area contributed by atoms with Gasteiger partial charge < -0.3 is 14.8 Å². The minimum atomic E-state index is -0.116. The van der Waals surface area contributed by atoms with Crippen molar-refractivity contribution < 1.29 is 14.3 Å². The van der Waals surface area contributed by atoms with Crippen molar-refractivity contribution in [3.63, 3.8) is 0 Å². The monoisotopic (exact) mass is 273 g/mol. The fraction of sp³-hybridized carbons (Fsp3) is 0.312. The van der Waals surface area contributed by atoms with Gasteiger partial charge >= 0.3 is 0 Å². The minimum absolute atomic E-state index is 0.0563. The van der Waals surface area contributed by atoms with E-state index < -0.39 is 0 Å². The van der Waals surface area contributed by atoms with Gasteiger partial charge in [-0.2, -0.15) is 0 Å². The molecule has 0 aliphatic carbocycles. The van der Waals surface area contributed by atoms with Crippen LogP contribution in [0.2, 0.25) is 0 Å². The van der Waals surface area contributed by atoms with Crippen LogP contribution in [-0.4, -0.2) is 17.1 Å². The maximum atomic E-state index is 12.1. The molecule has 0 aliphatic heterocycles. The number of hydrogen-bond donors (Lipinski definition) is 2. The van der Waals surface area contributed by atoms with E-state index in [0.717, 1.165) is 24.2 Å². The lowest BCUT2D eigenvalue weighted by atomic mass is 10.1. The average molecular weight is 273 g/mol. The van der Waals surface area contributed by atoms with Gasteiger partial charge in [-0.05, 0) is 56.2 Å². The minimum Gasteiger partial charge on any atom is -0.508 e. The van der Waals surface area contributed by atoms with E-state index in [0.29, 0.717) is 5.56 Å². The van der Waals surface area contributed by atoms with Gasteiger partial charge in [0, 0.05) is 18.0 Å². The Bertz CT molecular complexity index is 575. The summed E-state index contributed by atoms with van der Waals surface area (Å²) in [5.41, 5.74) is 1.35. The molecule has 1 aromatic carbocycles. The average Bonchev–Trinajstić information content (AvgIpc) is 2.89. The van der Waals surface area contributed by atoms with Gasteiger partial charge in [0.05, 0.1) is 6.26 Å². The molecule has 1 amide bonds. The van der Waals surface area contributed by atoms with E-state index in [1.54, 1.807) is 18.4 Å². The summed E-state index contributed by atoms with van der Waals surface area (Å²) in [5.74, 6) is 0.978. The van der Waals surface area contributed by atoms with E-state index in [9.17, 15) is 9.90 Å². The molecule has 1 heterocycles. The van der Waals surface area contributed by atoms with Crippen LogP contribution in [0.1, 0.15) is 35.0 Å². The van der Waals surface area contributed by atoms with Crippen LogP contribution in [0.15, 0.2) is 41.0 Å². The lowest BCUT2D eigenvalue weighted by Crippen LogP contribution is -2.33. The predicted octanol–water partition coefficient (Wildman–Crippen LogP) is 3.04. The Balaban J connectivity index is 1.90. The number of carbonyl (C=O) groups is 1. The molecule has 2 N–H and O–H groups in total. The molecule has 1 unspecified atom stereocenters. The van der Waals surface area contributed by atoms with E-state index in [2.05, 4.69) is 5.32 Å². The van der Waals surface area contributed by atoms with Crippen molar-refractivity contribution in [1.29, 1.82) is 0 Å². The van der Waals surface area contributed by atoms with Gasteiger partial charge in [0.25, 0.3) is 5.91 Å². The Morgan fingerprint density at radius 3 is 2.85 bits per heavy atom. The molecule has 0 bridgehead atoms. The van der Waals surface area contributed by atoms with Crippen LogP contribution in [0.25, 0.3) is 0 Å². The van der Waals surface area contributed by atoms with Gasteiger partial charge in [0.1, 0.15) is 11.5 Å². The van der Waals surface area contributed by atoms with Crippen molar-refractivity contribution in [2.75, 3.05) is 0 Å². The molecule has 0 saturated heterocycles. The molecule has 1 aromatic heterocycles. The topological polar surface area (TPSA) is 62.5 Å². The third-order valence-corrected chi connectivity index (χ3v) is 3.24. The SMILES string of the molecule is Cc1cc(O)ccc1C(=O)NC(C)CCc1ccco1. The van der Waals surface area contributed by atoms with Crippen LogP contribution in [0.4, 0.5) is 0 Å². The zero-order valence-electron chi connectivity index (χ0n) is 11.7. The van der Waals surface area contributed by atoms with Gasteiger partial charge in [-0.1, -0.05) is 0 Å². The summed E-state index contributed by atoms with van der Waals surface area (Å²) in [6, 6.07) is 8.59. The Morgan fingerprint density at radius 2 is 2.20 bits per heavy atom. The number of aryl methyl sites for hydroxylation is 2. The molecule has 4 heteroatoms. The number of phenols is 1. The smallest absolute Gasteiger partial charge is 0.251 e. The van der Waals surface area contributed by atoms with Crippen LogP contribution in [-0.2, 0) is 6.42 Å². The number of rotatable bonds is 5. The van der Waals surface area contributed by atoms with Crippen LogP contribution in [0, 0.1) is 6.92 Å². The molecule has 1 atom stereocenters. The molecule has 0 spiro atoms. The Kier molecular flexibility index (Phi) is 4.45. The highest BCUT2D eigenvalue weighted by Crippen LogP contribution is 2.16. The van der Waals surface area contributed by atoms with Crippen LogP contribution >= 0.6 is 0 Å². The first-order valence-electron chi connectivity index (χ1n) is 6.69. The van der Waals surface area contributed by atoms with Crippen molar-refractivity contribution >= 4 is 5.91 Å². The number of carbonyl (C=O) groups excluding carboxylic acids is 1. The van der Waals surface area contributed by atoms with Crippen molar-refractivity contribution in [2.24, 2.45) is 0 Å². The third-order valence-electron chi connectivity index (χ3n) is 3.24. The zero-order valence-corrected chi connectivity index (χ0v) is 11.7. The second-order valence-electron chi connectivity index (χ2n) is 4.99. The second-order valence-corrected chi connectivity index (χ2v) is 4.99. The molecular weight excluding hydrogens is 254 g/mol. The first-order valence-corrected chi connectivity index (χ1v) is 6.69. The van der Waals surface area contributed by atoms with Crippen molar-refractivity contribution in [2.45, 2.75) is 32.7 Å². The quantitative estimate of drug-likeness (QED) is 0.880. The van der Waals surface area contributed by atoms with E-state index in [1.165, 1.54) is 6.07 Å². The highest BCUT2D eigenvalue weighted by molar-refractivity contribution is 5.95. The number of benzene rings is 1. The number of aromatic hydroxyl groups is 1. The lowest BCUT2D eigenvalue weighted by Gasteiger charge is -2.14.